The van der Waals surface area contributed by atoms with E-state index >= 15 is 0 Å². The largest absolute Gasteiger partial charge is 0.307 e. The normalized spacial score (nSPS) is 26.7. The third-order valence-electron chi connectivity index (χ3n) is 4.20. The Labute approximate surface area is 106 Å². The van der Waals surface area contributed by atoms with Crippen LogP contribution in [0, 0.1) is 5.92 Å². The molecule has 3 unspecified atom stereocenters. The highest BCUT2D eigenvalue weighted by atomic mass is 15.0. The van der Waals surface area contributed by atoms with Crippen molar-refractivity contribution in [2.75, 3.05) is 0 Å². The first kappa shape index (κ1) is 12.6. The Hall–Kier alpha value is -0.820. The molecule has 1 aliphatic rings. The van der Waals surface area contributed by atoms with E-state index in [4.69, 9.17) is 0 Å². The van der Waals surface area contributed by atoms with E-state index in [0.29, 0.717) is 6.04 Å². The maximum atomic E-state index is 3.84. The summed E-state index contributed by atoms with van der Waals surface area (Å²) >= 11 is 0. The van der Waals surface area contributed by atoms with Crippen molar-refractivity contribution in [2.24, 2.45) is 5.92 Å². The van der Waals surface area contributed by atoms with E-state index in [9.17, 15) is 0 Å². The standard InChI is InChI=1S/C16H25N/c1-3-14-9-7-8-12-16(14)17-13(2)15-10-5-4-6-11-15/h4-6,10-11,13-14,16-17H,3,7-9,12H2,1-2H3. The van der Waals surface area contributed by atoms with Gasteiger partial charge in [0.15, 0.2) is 0 Å². The van der Waals surface area contributed by atoms with Gasteiger partial charge in [-0.25, -0.2) is 0 Å². The number of nitrogens with one attached hydrogen (secondary N) is 1. The number of benzene rings is 1. The smallest absolute Gasteiger partial charge is 0.0294 e. The van der Waals surface area contributed by atoms with Crippen LogP contribution in [0.4, 0.5) is 0 Å². The lowest BCUT2D eigenvalue weighted by atomic mass is 9.82. The molecule has 1 aliphatic carbocycles. The zero-order valence-electron chi connectivity index (χ0n) is 11.2. The van der Waals surface area contributed by atoms with Gasteiger partial charge < -0.3 is 5.32 Å². The molecule has 3 atom stereocenters. The summed E-state index contributed by atoms with van der Waals surface area (Å²) in [5.41, 5.74) is 1.41. The van der Waals surface area contributed by atoms with Crippen molar-refractivity contribution in [3.63, 3.8) is 0 Å². The molecule has 94 valence electrons. The average molecular weight is 231 g/mol. The van der Waals surface area contributed by atoms with Gasteiger partial charge >= 0.3 is 0 Å². The van der Waals surface area contributed by atoms with Gasteiger partial charge in [0, 0.05) is 12.1 Å². The minimum atomic E-state index is 0.480. The van der Waals surface area contributed by atoms with Crippen LogP contribution in [0.1, 0.15) is 57.6 Å². The van der Waals surface area contributed by atoms with Crippen molar-refractivity contribution in [1.82, 2.24) is 5.32 Å². The monoisotopic (exact) mass is 231 g/mol. The Bertz CT molecular complexity index is 320. The van der Waals surface area contributed by atoms with Gasteiger partial charge in [0.05, 0.1) is 0 Å². The Balaban J connectivity index is 1.95. The van der Waals surface area contributed by atoms with Gasteiger partial charge in [-0.1, -0.05) is 56.5 Å². The Morgan fingerprint density at radius 3 is 2.59 bits per heavy atom. The maximum absolute atomic E-state index is 3.84. The minimum absolute atomic E-state index is 0.480. The molecule has 0 bridgehead atoms. The molecule has 0 aliphatic heterocycles. The number of hydrogen-bond donors (Lipinski definition) is 1. The molecule has 17 heavy (non-hydrogen) atoms. The molecule has 1 heteroatoms. The molecule has 0 saturated heterocycles. The molecule has 1 fully saturated rings. The molecule has 1 saturated carbocycles. The molecule has 1 aromatic rings. The summed E-state index contributed by atoms with van der Waals surface area (Å²) in [7, 11) is 0. The second kappa shape index (κ2) is 6.20. The first-order valence-corrected chi connectivity index (χ1v) is 7.12. The van der Waals surface area contributed by atoms with Gasteiger partial charge in [-0.2, -0.15) is 0 Å². The molecule has 0 spiro atoms. The van der Waals surface area contributed by atoms with Crippen molar-refractivity contribution in [2.45, 2.75) is 58.0 Å². The summed E-state index contributed by atoms with van der Waals surface area (Å²) in [6, 6.07) is 12.0. The lowest BCUT2D eigenvalue weighted by Gasteiger charge is -2.34. The summed E-state index contributed by atoms with van der Waals surface area (Å²) in [4.78, 5) is 0. The fraction of sp³-hybridized carbons (Fsp3) is 0.625. The van der Waals surface area contributed by atoms with Crippen molar-refractivity contribution in [1.29, 1.82) is 0 Å². The van der Waals surface area contributed by atoms with Gasteiger partial charge in [0.25, 0.3) is 0 Å². The highest BCUT2D eigenvalue weighted by molar-refractivity contribution is 5.18. The molecule has 0 aromatic heterocycles. The zero-order valence-corrected chi connectivity index (χ0v) is 11.2. The second-order valence-electron chi connectivity index (χ2n) is 5.36. The zero-order chi connectivity index (χ0) is 12.1. The van der Waals surface area contributed by atoms with Crippen LogP contribution < -0.4 is 5.32 Å². The van der Waals surface area contributed by atoms with Crippen LogP contribution in [0.15, 0.2) is 30.3 Å². The lowest BCUT2D eigenvalue weighted by Crippen LogP contribution is -2.39. The molecule has 1 N–H and O–H groups in total. The molecule has 1 nitrogen and oxygen atoms in total. The van der Waals surface area contributed by atoms with Crippen LogP contribution in [0.25, 0.3) is 0 Å². The van der Waals surface area contributed by atoms with Gasteiger partial charge in [-0.15, -0.1) is 0 Å². The first-order chi connectivity index (χ1) is 8.31. The number of hydrogen-bond acceptors (Lipinski definition) is 1. The first-order valence-electron chi connectivity index (χ1n) is 7.12. The fourth-order valence-electron chi connectivity index (χ4n) is 3.07. The summed E-state index contributed by atoms with van der Waals surface area (Å²) < 4.78 is 0. The van der Waals surface area contributed by atoms with E-state index in [2.05, 4.69) is 49.5 Å². The third kappa shape index (κ3) is 3.32. The topological polar surface area (TPSA) is 12.0 Å². The van der Waals surface area contributed by atoms with Crippen LogP contribution in [0.2, 0.25) is 0 Å². The molecular weight excluding hydrogens is 206 g/mol. The lowest BCUT2D eigenvalue weighted by molar-refractivity contribution is 0.240. The van der Waals surface area contributed by atoms with Crippen molar-refractivity contribution >= 4 is 0 Å². The van der Waals surface area contributed by atoms with Crippen LogP contribution in [-0.4, -0.2) is 6.04 Å². The predicted octanol–water partition coefficient (Wildman–Crippen LogP) is 4.31. The van der Waals surface area contributed by atoms with E-state index in [-0.39, 0.29) is 0 Å². The minimum Gasteiger partial charge on any atom is -0.307 e. The van der Waals surface area contributed by atoms with Crippen molar-refractivity contribution < 1.29 is 0 Å². The van der Waals surface area contributed by atoms with E-state index in [1.54, 1.807) is 0 Å². The summed E-state index contributed by atoms with van der Waals surface area (Å²) in [5.74, 6) is 0.884. The Kier molecular flexibility index (Phi) is 4.61. The molecule has 0 amide bonds. The Morgan fingerprint density at radius 1 is 1.18 bits per heavy atom. The molecule has 2 rings (SSSR count). The Morgan fingerprint density at radius 2 is 1.88 bits per heavy atom. The van der Waals surface area contributed by atoms with Gasteiger partial charge in [0.2, 0.25) is 0 Å². The molecule has 0 heterocycles. The fourth-order valence-corrected chi connectivity index (χ4v) is 3.07. The summed E-state index contributed by atoms with van der Waals surface area (Å²) in [6.07, 6.45) is 6.91. The SMILES string of the molecule is CCC1CCCCC1NC(C)c1ccccc1. The van der Waals surface area contributed by atoms with Gasteiger partial charge in [-0.05, 0) is 31.2 Å². The van der Waals surface area contributed by atoms with E-state index in [1.807, 2.05) is 0 Å². The molecular formula is C16H25N. The second-order valence-corrected chi connectivity index (χ2v) is 5.36. The van der Waals surface area contributed by atoms with E-state index < -0.39 is 0 Å². The van der Waals surface area contributed by atoms with Crippen molar-refractivity contribution in [3.05, 3.63) is 35.9 Å². The molecule has 0 radical (unpaired) electrons. The summed E-state index contributed by atoms with van der Waals surface area (Å²) in [6.45, 7) is 4.62. The van der Waals surface area contributed by atoms with Crippen LogP contribution >= 0.6 is 0 Å². The van der Waals surface area contributed by atoms with E-state index in [1.165, 1.54) is 37.7 Å². The molecule has 1 aromatic carbocycles. The van der Waals surface area contributed by atoms with E-state index in [0.717, 1.165) is 12.0 Å². The van der Waals surface area contributed by atoms with Gasteiger partial charge in [0.1, 0.15) is 0 Å². The van der Waals surface area contributed by atoms with Gasteiger partial charge in [-0.3, -0.25) is 0 Å². The highest BCUT2D eigenvalue weighted by Gasteiger charge is 2.24. The van der Waals surface area contributed by atoms with Crippen molar-refractivity contribution in [3.8, 4) is 0 Å². The van der Waals surface area contributed by atoms with Crippen LogP contribution in [-0.2, 0) is 0 Å². The summed E-state index contributed by atoms with van der Waals surface area (Å²) in [5, 5.41) is 3.84. The van der Waals surface area contributed by atoms with Crippen LogP contribution in [0.3, 0.4) is 0 Å². The quantitative estimate of drug-likeness (QED) is 0.814. The maximum Gasteiger partial charge on any atom is 0.0294 e. The van der Waals surface area contributed by atoms with Crippen LogP contribution in [0.5, 0.6) is 0 Å². The third-order valence-corrected chi connectivity index (χ3v) is 4.20. The highest BCUT2D eigenvalue weighted by Crippen LogP contribution is 2.28. The predicted molar refractivity (Wildman–Crippen MR) is 74.0 cm³/mol. The average Bonchev–Trinajstić information content (AvgIpc) is 2.40. The number of rotatable bonds is 4.